The van der Waals surface area contributed by atoms with Gasteiger partial charge in [-0.05, 0) is 17.5 Å². The number of imidazole rings is 1. The lowest BCUT2D eigenvalue weighted by Gasteiger charge is -2.39. The summed E-state index contributed by atoms with van der Waals surface area (Å²) in [6, 6.07) is 8.30. The molecule has 1 saturated heterocycles. The van der Waals surface area contributed by atoms with Gasteiger partial charge in [0, 0.05) is 32.4 Å². The number of nitrogens with one attached hydrogen (secondary N) is 1. The average Bonchev–Trinajstić information content (AvgIpc) is 3.19. The van der Waals surface area contributed by atoms with Gasteiger partial charge in [0.2, 0.25) is 0 Å². The van der Waals surface area contributed by atoms with E-state index >= 15 is 0 Å². The highest BCUT2D eigenvalue weighted by molar-refractivity contribution is 5.92. The van der Waals surface area contributed by atoms with Crippen molar-refractivity contribution in [2.45, 2.75) is 25.0 Å². The second kappa shape index (κ2) is 8.10. The van der Waals surface area contributed by atoms with E-state index < -0.39 is 17.9 Å². The summed E-state index contributed by atoms with van der Waals surface area (Å²) in [4.78, 5) is 24.5. The van der Waals surface area contributed by atoms with E-state index in [4.69, 9.17) is 0 Å². The van der Waals surface area contributed by atoms with Crippen LogP contribution in [0.5, 0.6) is 0 Å². The number of nitrogens with zero attached hydrogens (tertiary/aromatic N) is 5. The van der Waals surface area contributed by atoms with Crippen LogP contribution in [0.3, 0.4) is 0 Å². The van der Waals surface area contributed by atoms with Crippen molar-refractivity contribution in [1.29, 1.82) is 0 Å². The number of amides is 1. The average molecular weight is 442 g/mol. The first-order chi connectivity index (χ1) is 15.4. The van der Waals surface area contributed by atoms with Gasteiger partial charge < -0.3 is 19.7 Å². The molecule has 2 aliphatic rings. The molecule has 0 radical (unpaired) electrons. The summed E-state index contributed by atoms with van der Waals surface area (Å²) in [5, 5.41) is 13.1. The molecule has 0 bridgehead atoms. The Morgan fingerprint density at radius 1 is 1.22 bits per heavy atom. The van der Waals surface area contributed by atoms with Crippen LogP contribution < -0.4 is 10.2 Å². The van der Waals surface area contributed by atoms with E-state index in [9.17, 15) is 18.7 Å². The van der Waals surface area contributed by atoms with Crippen molar-refractivity contribution in [3.63, 3.8) is 0 Å². The van der Waals surface area contributed by atoms with Gasteiger partial charge in [-0.15, -0.1) is 0 Å². The summed E-state index contributed by atoms with van der Waals surface area (Å²) in [5.74, 6) is -2.69. The molecule has 0 saturated carbocycles. The first-order valence-corrected chi connectivity index (χ1v) is 10.6. The van der Waals surface area contributed by atoms with Crippen molar-refractivity contribution < 1.29 is 18.7 Å². The highest BCUT2D eigenvalue weighted by Gasteiger charge is 2.44. The maximum absolute atomic E-state index is 13.1. The molecule has 2 aliphatic heterocycles. The molecular formula is C22H24F2N6O2. The van der Waals surface area contributed by atoms with E-state index in [0.29, 0.717) is 18.0 Å². The fraction of sp³-hybridized carbons (Fsp3) is 0.409. The molecule has 8 nitrogen and oxygen atoms in total. The third-order valence-corrected chi connectivity index (χ3v) is 5.91. The first-order valence-electron chi connectivity index (χ1n) is 10.6. The lowest BCUT2D eigenvalue weighted by atomic mass is 10.00. The zero-order chi connectivity index (χ0) is 22.3. The number of hydrogen-bond acceptors (Lipinski definition) is 6. The normalized spacial score (nSPS) is 18.8. The van der Waals surface area contributed by atoms with Gasteiger partial charge in [0.25, 0.3) is 11.8 Å². The monoisotopic (exact) mass is 442 g/mol. The largest absolute Gasteiger partial charge is 0.390 e. The highest BCUT2D eigenvalue weighted by atomic mass is 19.3. The highest BCUT2D eigenvalue weighted by Crippen LogP contribution is 2.30. The zero-order valence-electron chi connectivity index (χ0n) is 17.4. The Kier molecular flexibility index (Phi) is 5.26. The predicted octanol–water partition coefficient (Wildman–Crippen LogP) is 1.33. The van der Waals surface area contributed by atoms with Crippen LogP contribution in [-0.2, 0) is 13.0 Å². The maximum atomic E-state index is 13.1. The quantitative estimate of drug-likeness (QED) is 0.599. The van der Waals surface area contributed by atoms with E-state index in [1.165, 1.54) is 28.4 Å². The van der Waals surface area contributed by atoms with Crippen LogP contribution in [0.1, 0.15) is 21.6 Å². The molecule has 1 amide bonds. The van der Waals surface area contributed by atoms with Gasteiger partial charge in [0.05, 0.1) is 31.6 Å². The number of aliphatic hydroxyl groups is 1. The minimum atomic E-state index is -2.69. The van der Waals surface area contributed by atoms with Gasteiger partial charge >= 0.3 is 0 Å². The molecule has 32 heavy (non-hydrogen) atoms. The van der Waals surface area contributed by atoms with E-state index in [1.54, 1.807) is 10.6 Å². The standard InChI is InChI=1S/C22H24F2N6O2/c23-22(24)13-30(14-22)20-12-29-11-18(27-19(29)8-25-20)21(32)26-7-17(31)10-28-6-5-15-3-1-2-4-16(15)9-28/h1-4,8,11-12,17,31H,5-7,9-10,13-14H2,(H,26,32). The number of carbonyl (C=O) groups is 1. The van der Waals surface area contributed by atoms with Crippen LogP contribution in [0.25, 0.3) is 5.65 Å². The number of alkyl halides is 2. The lowest BCUT2D eigenvalue weighted by Crippen LogP contribution is -2.56. The van der Waals surface area contributed by atoms with Crippen molar-refractivity contribution >= 4 is 17.4 Å². The van der Waals surface area contributed by atoms with Crippen molar-refractivity contribution in [2.75, 3.05) is 37.6 Å². The smallest absolute Gasteiger partial charge is 0.282 e. The van der Waals surface area contributed by atoms with E-state index in [1.807, 2.05) is 12.1 Å². The molecule has 0 spiro atoms. The molecule has 3 aromatic rings. The summed E-state index contributed by atoms with van der Waals surface area (Å²) >= 11 is 0. The summed E-state index contributed by atoms with van der Waals surface area (Å²) in [6.45, 7) is 1.49. The second-order valence-electron chi connectivity index (χ2n) is 8.47. The Morgan fingerprint density at radius 2 is 2.00 bits per heavy atom. The number of fused-ring (bicyclic) bond motifs is 2. The predicted molar refractivity (Wildman–Crippen MR) is 114 cm³/mol. The second-order valence-corrected chi connectivity index (χ2v) is 8.47. The third kappa shape index (κ3) is 4.28. The summed E-state index contributed by atoms with van der Waals surface area (Å²) < 4.78 is 27.8. The number of aliphatic hydroxyl groups excluding tert-OH is 1. The van der Waals surface area contributed by atoms with E-state index in [0.717, 1.165) is 19.5 Å². The molecular weight excluding hydrogens is 418 g/mol. The van der Waals surface area contributed by atoms with Crippen molar-refractivity contribution in [2.24, 2.45) is 0 Å². The van der Waals surface area contributed by atoms with Crippen LogP contribution in [0.2, 0.25) is 0 Å². The number of aromatic nitrogens is 3. The molecule has 2 N–H and O–H groups in total. The number of carbonyl (C=O) groups excluding carboxylic acids is 1. The number of halogens is 2. The van der Waals surface area contributed by atoms with Crippen LogP contribution in [-0.4, -0.2) is 75.0 Å². The Bertz CT molecular complexity index is 1140. The molecule has 2 aromatic heterocycles. The Morgan fingerprint density at radius 3 is 2.78 bits per heavy atom. The van der Waals surface area contributed by atoms with E-state index in [-0.39, 0.29) is 25.3 Å². The van der Waals surface area contributed by atoms with Gasteiger partial charge in [-0.1, -0.05) is 24.3 Å². The molecule has 10 heteroatoms. The third-order valence-electron chi connectivity index (χ3n) is 5.91. The fourth-order valence-electron chi connectivity index (χ4n) is 4.21. The molecule has 4 heterocycles. The Labute approximate surface area is 183 Å². The summed E-state index contributed by atoms with van der Waals surface area (Å²) in [5.41, 5.74) is 3.24. The van der Waals surface area contributed by atoms with Crippen molar-refractivity contribution in [3.8, 4) is 0 Å². The van der Waals surface area contributed by atoms with Gasteiger partial charge in [-0.2, -0.15) is 0 Å². The molecule has 1 unspecified atom stereocenters. The summed E-state index contributed by atoms with van der Waals surface area (Å²) in [6.07, 6.45) is 4.80. The summed E-state index contributed by atoms with van der Waals surface area (Å²) in [7, 11) is 0. The van der Waals surface area contributed by atoms with Crippen LogP contribution in [0.4, 0.5) is 14.6 Å². The van der Waals surface area contributed by atoms with Crippen molar-refractivity contribution in [1.82, 2.24) is 24.6 Å². The molecule has 1 atom stereocenters. The minimum Gasteiger partial charge on any atom is -0.390 e. The number of rotatable bonds is 6. The van der Waals surface area contributed by atoms with Crippen molar-refractivity contribution in [3.05, 3.63) is 59.7 Å². The zero-order valence-corrected chi connectivity index (χ0v) is 17.4. The minimum absolute atomic E-state index is 0.108. The molecule has 1 fully saturated rings. The molecule has 1 aromatic carbocycles. The number of β-amino-alcohol motifs (C(OH)–C–C–N with tert-alkyl or cyclic N) is 1. The number of hydrogen-bond donors (Lipinski definition) is 2. The molecule has 168 valence electrons. The molecule has 0 aliphatic carbocycles. The van der Waals surface area contributed by atoms with Gasteiger partial charge in [-0.3, -0.25) is 9.69 Å². The topological polar surface area (TPSA) is 86.0 Å². The van der Waals surface area contributed by atoms with E-state index in [2.05, 4.69) is 32.3 Å². The van der Waals surface area contributed by atoms with Gasteiger partial charge in [0.15, 0.2) is 5.65 Å². The van der Waals surface area contributed by atoms with Crippen LogP contribution >= 0.6 is 0 Å². The first kappa shape index (κ1) is 20.8. The van der Waals surface area contributed by atoms with Gasteiger partial charge in [-0.25, -0.2) is 18.7 Å². The van der Waals surface area contributed by atoms with Gasteiger partial charge in [0.1, 0.15) is 11.5 Å². The molecule has 5 rings (SSSR count). The van der Waals surface area contributed by atoms with Crippen LogP contribution in [0, 0.1) is 0 Å². The number of anilines is 1. The maximum Gasteiger partial charge on any atom is 0.282 e. The Balaban J connectivity index is 1.15. The number of benzene rings is 1. The Hall–Kier alpha value is -3.11. The SMILES string of the molecule is O=C(NCC(O)CN1CCc2ccccc2C1)c1cn2cc(N3CC(F)(F)C3)ncc2n1. The fourth-order valence-corrected chi connectivity index (χ4v) is 4.21. The van der Waals surface area contributed by atoms with Crippen LogP contribution in [0.15, 0.2) is 42.9 Å². The lowest BCUT2D eigenvalue weighted by molar-refractivity contribution is -0.0267.